The second kappa shape index (κ2) is 7.81. The molecule has 5 heteroatoms. The Bertz CT molecular complexity index is 629. The molecule has 0 saturated heterocycles. The van der Waals surface area contributed by atoms with Crippen LogP contribution < -0.4 is 0 Å². The SMILES string of the molecule is C=CCN(CC(F)(F)F)C(=O)C(c1ccccc1)c1ccccc1. The normalized spacial score (nSPS) is 11.3. The molecule has 0 saturated carbocycles. The Hall–Kier alpha value is -2.56. The number of halogens is 3. The summed E-state index contributed by atoms with van der Waals surface area (Å²) >= 11 is 0. The predicted molar refractivity (Wildman–Crippen MR) is 87.6 cm³/mol. The van der Waals surface area contributed by atoms with Gasteiger partial charge in [0.25, 0.3) is 0 Å². The van der Waals surface area contributed by atoms with E-state index in [1.54, 1.807) is 60.7 Å². The molecule has 24 heavy (non-hydrogen) atoms. The second-order valence-electron chi connectivity index (χ2n) is 5.38. The Labute approximate surface area is 139 Å². The van der Waals surface area contributed by atoms with Crippen LogP contribution in [-0.2, 0) is 4.79 Å². The van der Waals surface area contributed by atoms with Crippen LogP contribution in [0.2, 0.25) is 0 Å². The van der Waals surface area contributed by atoms with Crippen molar-refractivity contribution < 1.29 is 18.0 Å². The topological polar surface area (TPSA) is 20.3 Å². The number of rotatable bonds is 6. The van der Waals surface area contributed by atoms with Gasteiger partial charge in [-0.25, -0.2) is 0 Å². The van der Waals surface area contributed by atoms with Gasteiger partial charge in [-0.2, -0.15) is 13.2 Å². The molecule has 2 aromatic rings. The molecule has 0 bridgehead atoms. The molecule has 2 nitrogen and oxygen atoms in total. The van der Waals surface area contributed by atoms with Crippen molar-refractivity contribution in [1.29, 1.82) is 0 Å². The van der Waals surface area contributed by atoms with E-state index in [4.69, 9.17) is 0 Å². The zero-order valence-electron chi connectivity index (χ0n) is 13.0. The Morgan fingerprint density at radius 3 is 1.83 bits per heavy atom. The maximum atomic E-state index is 12.9. The minimum absolute atomic E-state index is 0.158. The fraction of sp³-hybridized carbons (Fsp3) is 0.211. The molecule has 0 aliphatic rings. The van der Waals surface area contributed by atoms with Gasteiger partial charge in [-0.1, -0.05) is 66.7 Å². The molecule has 0 aliphatic heterocycles. The van der Waals surface area contributed by atoms with Gasteiger partial charge < -0.3 is 4.90 Å². The quantitative estimate of drug-likeness (QED) is 0.718. The lowest BCUT2D eigenvalue weighted by Gasteiger charge is -2.28. The van der Waals surface area contributed by atoms with Crippen molar-refractivity contribution >= 4 is 5.91 Å². The van der Waals surface area contributed by atoms with Crippen molar-refractivity contribution in [1.82, 2.24) is 4.90 Å². The fourth-order valence-corrected chi connectivity index (χ4v) is 2.56. The van der Waals surface area contributed by atoms with Gasteiger partial charge in [0.15, 0.2) is 0 Å². The van der Waals surface area contributed by atoms with Crippen molar-refractivity contribution in [2.24, 2.45) is 0 Å². The number of carbonyl (C=O) groups is 1. The van der Waals surface area contributed by atoms with E-state index in [0.717, 1.165) is 4.90 Å². The number of alkyl halides is 3. The van der Waals surface area contributed by atoms with E-state index in [1.165, 1.54) is 6.08 Å². The van der Waals surface area contributed by atoms with Crippen molar-refractivity contribution in [3.63, 3.8) is 0 Å². The minimum atomic E-state index is -4.46. The highest BCUT2D eigenvalue weighted by Crippen LogP contribution is 2.28. The standard InChI is InChI=1S/C19H18F3NO/c1-2-13-23(14-19(20,21)22)18(24)17(15-9-5-3-6-10-15)16-11-7-4-8-12-16/h2-12,17H,1,13-14H2. The number of nitrogens with zero attached hydrogens (tertiary/aromatic N) is 1. The summed E-state index contributed by atoms with van der Waals surface area (Å²) in [5, 5.41) is 0. The predicted octanol–water partition coefficient (Wildman–Crippen LogP) is 4.40. The van der Waals surface area contributed by atoms with Crippen LogP contribution in [0.1, 0.15) is 17.0 Å². The first-order valence-electron chi connectivity index (χ1n) is 7.48. The van der Waals surface area contributed by atoms with Crippen LogP contribution in [-0.4, -0.2) is 30.1 Å². The molecule has 126 valence electrons. The van der Waals surface area contributed by atoms with Crippen molar-refractivity contribution in [3.8, 4) is 0 Å². The van der Waals surface area contributed by atoms with Crippen LogP contribution in [0.3, 0.4) is 0 Å². The highest BCUT2D eigenvalue weighted by atomic mass is 19.4. The smallest absolute Gasteiger partial charge is 0.329 e. The van der Waals surface area contributed by atoms with E-state index in [9.17, 15) is 18.0 Å². The van der Waals surface area contributed by atoms with Gasteiger partial charge in [0.1, 0.15) is 6.54 Å². The first-order chi connectivity index (χ1) is 11.4. The van der Waals surface area contributed by atoms with Gasteiger partial charge in [0.05, 0.1) is 5.92 Å². The zero-order valence-corrected chi connectivity index (χ0v) is 13.0. The number of benzene rings is 2. The van der Waals surface area contributed by atoms with Gasteiger partial charge in [-0.15, -0.1) is 6.58 Å². The molecule has 0 aliphatic carbocycles. The molecule has 2 aromatic carbocycles. The van der Waals surface area contributed by atoms with Crippen molar-refractivity contribution in [2.45, 2.75) is 12.1 Å². The van der Waals surface area contributed by atoms with Gasteiger partial charge in [-0.3, -0.25) is 4.79 Å². The number of hydrogen-bond donors (Lipinski definition) is 0. The monoisotopic (exact) mass is 333 g/mol. The lowest BCUT2D eigenvalue weighted by atomic mass is 9.90. The van der Waals surface area contributed by atoms with E-state index in [-0.39, 0.29) is 6.54 Å². The lowest BCUT2D eigenvalue weighted by Crippen LogP contribution is -2.41. The molecule has 0 atom stereocenters. The molecule has 0 aromatic heterocycles. The third-order valence-electron chi connectivity index (χ3n) is 3.54. The molecule has 0 fully saturated rings. The molecular formula is C19H18F3NO. The largest absolute Gasteiger partial charge is 0.406 e. The summed E-state index contributed by atoms with van der Waals surface area (Å²) in [4.78, 5) is 13.7. The summed E-state index contributed by atoms with van der Waals surface area (Å²) in [6.45, 7) is 2.00. The van der Waals surface area contributed by atoms with Crippen LogP contribution in [0.15, 0.2) is 73.3 Å². The van der Waals surface area contributed by atoms with Crippen LogP contribution >= 0.6 is 0 Å². The van der Waals surface area contributed by atoms with E-state index in [1.807, 2.05) is 0 Å². The summed E-state index contributed by atoms with van der Waals surface area (Å²) in [6.07, 6.45) is -3.16. The number of amides is 1. The summed E-state index contributed by atoms with van der Waals surface area (Å²) in [5.41, 5.74) is 1.31. The highest BCUT2D eigenvalue weighted by molar-refractivity contribution is 5.87. The van der Waals surface area contributed by atoms with E-state index in [0.29, 0.717) is 11.1 Å². The molecule has 0 radical (unpaired) electrons. The molecule has 0 heterocycles. The Kier molecular flexibility index (Phi) is 5.79. The Morgan fingerprint density at radius 2 is 1.46 bits per heavy atom. The average Bonchev–Trinajstić information content (AvgIpc) is 2.55. The highest BCUT2D eigenvalue weighted by Gasteiger charge is 2.35. The first-order valence-corrected chi connectivity index (χ1v) is 7.48. The van der Waals surface area contributed by atoms with Crippen molar-refractivity contribution in [2.75, 3.05) is 13.1 Å². The second-order valence-corrected chi connectivity index (χ2v) is 5.38. The molecule has 1 amide bonds. The van der Waals surface area contributed by atoms with Gasteiger partial charge >= 0.3 is 6.18 Å². The van der Waals surface area contributed by atoms with Crippen LogP contribution in [0.5, 0.6) is 0 Å². The molecule has 2 rings (SSSR count). The third-order valence-corrected chi connectivity index (χ3v) is 3.54. The molecule has 0 spiro atoms. The zero-order chi connectivity index (χ0) is 17.6. The van der Waals surface area contributed by atoms with Gasteiger partial charge in [0, 0.05) is 6.54 Å². The van der Waals surface area contributed by atoms with Gasteiger partial charge in [-0.05, 0) is 11.1 Å². The third kappa shape index (κ3) is 4.72. The number of carbonyl (C=O) groups excluding carboxylic acids is 1. The van der Waals surface area contributed by atoms with Crippen LogP contribution in [0, 0.1) is 0 Å². The summed E-state index contributed by atoms with van der Waals surface area (Å²) in [5.74, 6) is -1.38. The van der Waals surface area contributed by atoms with E-state index in [2.05, 4.69) is 6.58 Å². The molecular weight excluding hydrogens is 315 g/mol. The lowest BCUT2D eigenvalue weighted by molar-refractivity contribution is -0.160. The molecule has 0 unspecified atom stereocenters. The summed E-state index contributed by atoms with van der Waals surface area (Å²) in [6, 6.07) is 17.6. The first kappa shape index (κ1) is 17.8. The van der Waals surface area contributed by atoms with E-state index >= 15 is 0 Å². The van der Waals surface area contributed by atoms with Crippen LogP contribution in [0.25, 0.3) is 0 Å². The summed E-state index contributed by atoms with van der Waals surface area (Å²) in [7, 11) is 0. The van der Waals surface area contributed by atoms with E-state index < -0.39 is 24.5 Å². The maximum absolute atomic E-state index is 12.9. The number of hydrogen-bond acceptors (Lipinski definition) is 1. The fourth-order valence-electron chi connectivity index (χ4n) is 2.56. The maximum Gasteiger partial charge on any atom is 0.406 e. The Morgan fingerprint density at radius 1 is 1.00 bits per heavy atom. The van der Waals surface area contributed by atoms with Crippen molar-refractivity contribution in [3.05, 3.63) is 84.4 Å². The summed E-state index contributed by atoms with van der Waals surface area (Å²) < 4.78 is 38.5. The molecule has 0 N–H and O–H groups in total. The van der Waals surface area contributed by atoms with Crippen LogP contribution in [0.4, 0.5) is 13.2 Å². The minimum Gasteiger partial charge on any atom is -0.329 e. The van der Waals surface area contributed by atoms with Gasteiger partial charge in [0.2, 0.25) is 5.91 Å². The average molecular weight is 333 g/mol. The Balaban J connectivity index is 2.42.